The van der Waals surface area contributed by atoms with Crippen LogP contribution in [0, 0.1) is 6.92 Å². The van der Waals surface area contributed by atoms with Gasteiger partial charge in [-0.1, -0.05) is 0 Å². The van der Waals surface area contributed by atoms with Crippen LogP contribution in [-0.4, -0.2) is 33.8 Å². The molecule has 2 N–H and O–H groups in total. The number of thiophene rings is 1. The van der Waals surface area contributed by atoms with Gasteiger partial charge in [0.15, 0.2) is 11.8 Å². The molecule has 3 aromatic rings. The SMILES string of the molecule is CN=C(NCc1ccnc(-n2cccn2)c1)NC(C)Cc1ccc(C)s1.I. The van der Waals surface area contributed by atoms with Crippen LogP contribution in [0.4, 0.5) is 0 Å². The fourth-order valence-electron chi connectivity index (χ4n) is 2.66. The second kappa shape index (κ2) is 10.4. The van der Waals surface area contributed by atoms with Gasteiger partial charge in [0.05, 0.1) is 0 Å². The van der Waals surface area contributed by atoms with Crippen molar-refractivity contribution in [3.63, 3.8) is 0 Å². The molecule has 6 nitrogen and oxygen atoms in total. The summed E-state index contributed by atoms with van der Waals surface area (Å²) in [5.74, 6) is 1.60. The summed E-state index contributed by atoms with van der Waals surface area (Å²) >= 11 is 1.85. The van der Waals surface area contributed by atoms with Crippen LogP contribution in [0.3, 0.4) is 0 Å². The molecule has 0 aliphatic heterocycles. The van der Waals surface area contributed by atoms with E-state index >= 15 is 0 Å². The molecule has 3 heterocycles. The van der Waals surface area contributed by atoms with E-state index in [0.717, 1.165) is 23.8 Å². The first-order valence-corrected chi connectivity index (χ1v) is 9.43. The summed E-state index contributed by atoms with van der Waals surface area (Å²) in [4.78, 5) is 11.4. The first kappa shape index (κ1) is 21.4. The predicted octanol–water partition coefficient (Wildman–Crippen LogP) is 3.55. The third kappa shape index (κ3) is 6.31. The molecule has 144 valence electrons. The van der Waals surface area contributed by atoms with E-state index in [2.05, 4.69) is 51.7 Å². The molecule has 0 aromatic carbocycles. The lowest BCUT2D eigenvalue weighted by Crippen LogP contribution is -2.42. The number of hydrogen-bond donors (Lipinski definition) is 2. The van der Waals surface area contributed by atoms with Crippen LogP contribution in [0.5, 0.6) is 0 Å². The molecular formula is C19H25IN6S. The van der Waals surface area contributed by atoms with Crippen molar-refractivity contribution < 1.29 is 0 Å². The molecule has 1 unspecified atom stereocenters. The van der Waals surface area contributed by atoms with E-state index in [4.69, 9.17) is 0 Å². The van der Waals surface area contributed by atoms with Crippen molar-refractivity contribution in [1.29, 1.82) is 0 Å². The molecule has 3 aromatic heterocycles. The van der Waals surface area contributed by atoms with E-state index in [0.29, 0.717) is 12.6 Å². The molecule has 8 heteroatoms. The maximum Gasteiger partial charge on any atom is 0.191 e. The van der Waals surface area contributed by atoms with Crippen molar-refractivity contribution in [2.45, 2.75) is 32.9 Å². The summed E-state index contributed by atoms with van der Waals surface area (Å²) in [6.07, 6.45) is 6.41. The van der Waals surface area contributed by atoms with Gasteiger partial charge in [0.25, 0.3) is 0 Å². The van der Waals surface area contributed by atoms with Crippen molar-refractivity contribution in [1.82, 2.24) is 25.4 Å². The minimum atomic E-state index is 0. The highest BCUT2D eigenvalue weighted by atomic mass is 127. The molecule has 0 saturated heterocycles. The van der Waals surface area contributed by atoms with E-state index < -0.39 is 0 Å². The highest BCUT2D eigenvalue weighted by Crippen LogP contribution is 2.16. The molecule has 1 atom stereocenters. The lowest BCUT2D eigenvalue weighted by atomic mass is 10.2. The molecule has 0 amide bonds. The molecule has 3 rings (SSSR count). The molecule has 0 aliphatic rings. The molecule has 0 saturated carbocycles. The van der Waals surface area contributed by atoms with Gasteiger partial charge in [0.2, 0.25) is 0 Å². The molecule has 0 bridgehead atoms. The molecule has 0 spiro atoms. The molecule has 0 fully saturated rings. The zero-order valence-electron chi connectivity index (χ0n) is 15.7. The van der Waals surface area contributed by atoms with E-state index in [1.807, 2.05) is 35.7 Å². The third-order valence-electron chi connectivity index (χ3n) is 3.92. The smallest absolute Gasteiger partial charge is 0.191 e. The van der Waals surface area contributed by atoms with Gasteiger partial charge in [-0.3, -0.25) is 4.99 Å². The van der Waals surface area contributed by atoms with Crippen LogP contribution in [0.2, 0.25) is 0 Å². The first-order chi connectivity index (χ1) is 12.6. The molecule has 27 heavy (non-hydrogen) atoms. The van der Waals surface area contributed by atoms with Gasteiger partial charge in [-0.2, -0.15) is 5.10 Å². The molecule has 0 aliphatic carbocycles. The fraction of sp³-hybridized carbons (Fsp3) is 0.316. The minimum Gasteiger partial charge on any atom is -0.354 e. The highest BCUT2D eigenvalue weighted by molar-refractivity contribution is 14.0. The largest absolute Gasteiger partial charge is 0.354 e. The maximum absolute atomic E-state index is 4.35. The van der Waals surface area contributed by atoms with Crippen LogP contribution >= 0.6 is 35.3 Å². The molecular weight excluding hydrogens is 471 g/mol. The van der Waals surface area contributed by atoms with Crippen molar-refractivity contribution in [3.8, 4) is 5.82 Å². The van der Waals surface area contributed by atoms with Crippen LogP contribution in [0.25, 0.3) is 5.82 Å². The normalized spacial score (nSPS) is 12.3. The Hall–Kier alpha value is -1.94. The van der Waals surface area contributed by atoms with Crippen molar-refractivity contribution in [3.05, 3.63) is 64.2 Å². The maximum atomic E-state index is 4.35. The Morgan fingerprint density at radius 2 is 2.15 bits per heavy atom. The van der Waals surface area contributed by atoms with Crippen LogP contribution in [0.15, 0.2) is 53.9 Å². The average molecular weight is 496 g/mol. The van der Waals surface area contributed by atoms with Gasteiger partial charge in [-0.25, -0.2) is 9.67 Å². The van der Waals surface area contributed by atoms with Crippen LogP contribution in [-0.2, 0) is 13.0 Å². The number of rotatable bonds is 6. The number of aromatic nitrogens is 3. The average Bonchev–Trinajstić information content (AvgIpc) is 3.31. The monoisotopic (exact) mass is 496 g/mol. The number of nitrogens with one attached hydrogen (secondary N) is 2. The second-order valence-corrected chi connectivity index (χ2v) is 7.53. The Kier molecular flexibility index (Phi) is 8.23. The Morgan fingerprint density at radius 1 is 1.30 bits per heavy atom. The van der Waals surface area contributed by atoms with Crippen LogP contribution < -0.4 is 10.6 Å². The zero-order valence-corrected chi connectivity index (χ0v) is 18.9. The van der Waals surface area contributed by atoms with E-state index in [1.165, 1.54) is 9.75 Å². The summed E-state index contributed by atoms with van der Waals surface area (Å²) in [7, 11) is 1.79. The number of guanidine groups is 1. The standard InChI is InChI=1S/C19H24N6S.HI/c1-14(11-17-6-5-15(2)26-17)24-19(20-3)22-13-16-7-9-21-18(12-16)25-10-4-8-23-25;/h4-10,12,14H,11,13H2,1-3H3,(H2,20,22,24);1H. The Morgan fingerprint density at radius 3 is 2.81 bits per heavy atom. The number of nitrogens with zero attached hydrogens (tertiary/aromatic N) is 4. The predicted molar refractivity (Wildman–Crippen MR) is 122 cm³/mol. The van der Waals surface area contributed by atoms with Crippen molar-refractivity contribution >= 4 is 41.3 Å². The summed E-state index contributed by atoms with van der Waals surface area (Å²) in [6, 6.07) is 10.6. The van der Waals surface area contributed by atoms with Gasteiger partial charge in [-0.05, 0) is 49.7 Å². The van der Waals surface area contributed by atoms with E-state index in [-0.39, 0.29) is 24.0 Å². The third-order valence-corrected chi connectivity index (χ3v) is 4.94. The van der Waals surface area contributed by atoms with E-state index in [1.54, 1.807) is 24.1 Å². The fourth-order valence-corrected chi connectivity index (χ4v) is 3.68. The zero-order chi connectivity index (χ0) is 18.4. The topological polar surface area (TPSA) is 67.1 Å². The number of hydrogen-bond acceptors (Lipinski definition) is 4. The number of halogens is 1. The van der Waals surface area contributed by atoms with Crippen molar-refractivity contribution in [2.24, 2.45) is 4.99 Å². The van der Waals surface area contributed by atoms with Gasteiger partial charge in [-0.15, -0.1) is 35.3 Å². The quantitative estimate of drug-likeness (QED) is 0.311. The van der Waals surface area contributed by atoms with Crippen LogP contribution in [0.1, 0.15) is 22.2 Å². The lowest BCUT2D eigenvalue weighted by molar-refractivity contribution is 0.644. The first-order valence-electron chi connectivity index (χ1n) is 8.61. The Labute approximate surface area is 181 Å². The number of aliphatic imine (C=N–C) groups is 1. The number of aryl methyl sites for hydroxylation is 1. The molecule has 0 radical (unpaired) electrons. The minimum absolute atomic E-state index is 0. The Bertz CT molecular complexity index is 859. The summed E-state index contributed by atoms with van der Waals surface area (Å²) in [5, 5.41) is 11.0. The lowest BCUT2D eigenvalue weighted by Gasteiger charge is -2.17. The van der Waals surface area contributed by atoms with Gasteiger partial charge < -0.3 is 10.6 Å². The summed E-state index contributed by atoms with van der Waals surface area (Å²) in [6.45, 7) is 4.98. The van der Waals surface area contributed by atoms with Gasteiger partial charge in [0.1, 0.15) is 0 Å². The van der Waals surface area contributed by atoms with Crippen molar-refractivity contribution in [2.75, 3.05) is 7.05 Å². The van der Waals surface area contributed by atoms with E-state index in [9.17, 15) is 0 Å². The summed E-state index contributed by atoms with van der Waals surface area (Å²) < 4.78 is 1.75. The Balaban J connectivity index is 0.00000261. The van der Waals surface area contributed by atoms with Gasteiger partial charge in [0, 0.05) is 54.4 Å². The van der Waals surface area contributed by atoms with Gasteiger partial charge >= 0.3 is 0 Å². The summed E-state index contributed by atoms with van der Waals surface area (Å²) in [5.41, 5.74) is 1.12. The second-order valence-electron chi connectivity index (χ2n) is 6.16. The highest BCUT2D eigenvalue weighted by Gasteiger charge is 2.08. The number of pyridine rings is 1.